The van der Waals surface area contributed by atoms with Crippen molar-refractivity contribution in [3.63, 3.8) is 0 Å². The third-order valence-electron chi connectivity index (χ3n) is 4.85. The topological polar surface area (TPSA) is 38.0 Å². The molecule has 114 valence electrons. The first-order chi connectivity index (χ1) is 9.20. The van der Waals surface area contributed by atoms with E-state index in [9.17, 15) is 0 Å². The number of nitrogens with one attached hydrogen (secondary N) is 1. The first-order valence-electron chi connectivity index (χ1n) is 8.61. The van der Waals surface area contributed by atoms with E-state index in [0.29, 0.717) is 5.41 Å². The second-order valence-corrected chi connectivity index (χ2v) is 6.92. The number of rotatable bonds is 10. The molecule has 0 amide bonds. The summed E-state index contributed by atoms with van der Waals surface area (Å²) in [7, 11) is 0. The molecule has 1 aliphatic carbocycles. The summed E-state index contributed by atoms with van der Waals surface area (Å²) in [4.78, 5) is 0. The summed E-state index contributed by atoms with van der Waals surface area (Å²) >= 11 is 0. The summed E-state index contributed by atoms with van der Waals surface area (Å²) in [6, 6.07) is 0. The van der Waals surface area contributed by atoms with Gasteiger partial charge in [-0.05, 0) is 56.5 Å². The Hall–Kier alpha value is -0.0800. The molecular weight excluding hydrogens is 232 g/mol. The van der Waals surface area contributed by atoms with Crippen molar-refractivity contribution in [3.05, 3.63) is 0 Å². The van der Waals surface area contributed by atoms with Gasteiger partial charge in [-0.2, -0.15) is 0 Å². The monoisotopic (exact) mass is 268 g/mol. The van der Waals surface area contributed by atoms with E-state index in [0.717, 1.165) is 12.5 Å². The van der Waals surface area contributed by atoms with Crippen LogP contribution in [0, 0.1) is 11.3 Å². The third-order valence-corrected chi connectivity index (χ3v) is 4.85. The van der Waals surface area contributed by atoms with Gasteiger partial charge < -0.3 is 11.1 Å². The fraction of sp³-hybridized carbons (Fsp3) is 1.00. The Balaban J connectivity index is 2.06. The van der Waals surface area contributed by atoms with E-state index in [2.05, 4.69) is 19.2 Å². The van der Waals surface area contributed by atoms with Crippen molar-refractivity contribution in [1.29, 1.82) is 0 Å². The van der Waals surface area contributed by atoms with Gasteiger partial charge in [0.25, 0.3) is 0 Å². The van der Waals surface area contributed by atoms with E-state index in [1.54, 1.807) is 0 Å². The largest absolute Gasteiger partial charge is 0.330 e. The van der Waals surface area contributed by atoms with Gasteiger partial charge in [-0.25, -0.2) is 0 Å². The zero-order chi connectivity index (χ0) is 14.0. The van der Waals surface area contributed by atoms with Gasteiger partial charge in [0.1, 0.15) is 0 Å². The van der Waals surface area contributed by atoms with Crippen LogP contribution in [0.1, 0.15) is 78.1 Å². The van der Waals surface area contributed by atoms with Gasteiger partial charge in [-0.3, -0.25) is 0 Å². The molecule has 0 saturated heterocycles. The summed E-state index contributed by atoms with van der Waals surface area (Å²) in [5.41, 5.74) is 6.27. The molecule has 1 saturated carbocycles. The van der Waals surface area contributed by atoms with Crippen molar-refractivity contribution < 1.29 is 0 Å². The SMILES string of the molecule is CCCC(CCN)CCCNCC1(C)CCCCC1. The average molecular weight is 268 g/mol. The van der Waals surface area contributed by atoms with Gasteiger partial charge in [0, 0.05) is 6.54 Å². The minimum atomic E-state index is 0.582. The molecule has 2 heteroatoms. The molecular formula is C17H36N2. The van der Waals surface area contributed by atoms with Crippen molar-refractivity contribution in [3.8, 4) is 0 Å². The molecule has 0 heterocycles. The molecule has 1 atom stereocenters. The fourth-order valence-corrected chi connectivity index (χ4v) is 3.56. The van der Waals surface area contributed by atoms with Crippen LogP contribution in [0.3, 0.4) is 0 Å². The molecule has 0 radical (unpaired) electrons. The van der Waals surface area contributed by atoms with Crippen LogP contribution in [0.5, 0.6) is 0 Å². The first-order valence-corrected chi connectivity index (χ1v) is 8.61. The van der Waals surface area contributed by atoms with E-state index in [1.165, 1.54) is 77.3 Å². The lowest BCUT2D eigenvalue weighted by molar-refractivity contribution is 0.207. The molecule has 19 heavy (non-hydrogen) atoms. The van der Waals surface area contributed by atoms with Gasteiger partial charge in [0.2, 0.25) is 0 Å². The van der Waals surface area contributed by atoms with Crippen LogP contribution < -0.4 is 11.1 Å². The number of hydrogen-bond acceptors (Lipinski definition) is 2. The van der Waals surface area contributed by atoms with E-state index in [-0.39, 0.29) is 0 Å². The summed E-state index contributed by atoms with van der Waals surface area (Å²) in [5, 5.41) is 3.70. The van der Waals surface area contributed by atoms with Crippen molar-refractivity contribution in [1.82, 2.24) is 5.32 Å². The Morgan fingerprint density at radius 2 is 1.84 bits per heavy atom. The Kier molecular flexibility index (Phi) is 8.72. The molecule has 0 aromatic carbocycles. The van der Waals surface area contributed by atoms with E-state index in [4.69, 9.17) is 5.73 Å². The van der Waals surface area contributed by atoms with Crippen LogP contribution in [0.4, 0.5) is 0 Å². The third kappa shape index (κ3) is 7.31. The van der Waals surface area contributed by atoms with Gasteiger partial charge in [0.05, 0.1) is 0 Å². The van der Waals surface area contributed by atoms with Gasteiger partial charge >= 0.3 is 0 Å². The summed E-state index contributed by atoms with van der Waals surface area (Å²) in [6.07, 6.45) is 13.7. The van der Waals surface area contributed by atoms with Crippen LogP contribution in [0.25, 0.3) is 0 Å². The first kappa shape index (κ1) is 17.0. The Labute approximate surface area is 120 Å². The predicted octanol–water partition coefficient (Wildman–Crippen LogP) is 4.09. The molecule has 2 nitrogen and oxygen atoms in total. The van der Waals surface area contributed by atoms with Crippen LogP contribution in [0.15, 0.2) is 0 Å². The minimum Gasteiger partial charge on any atom is -0.330 e. The van der Waals surface area contributed by atoms with Crippen LogP contribution in [-0.4, -0.2) is 19.6 Å². The zero-order valence-corrected chi connectivity index (χ0v) is 13.3. The van der Waals surface area contributed by atoms with E-state index in [1.807, 2.05) is 0 Å². The molecule has 0 aliphatic heterocycles. The van der Waals surface area contributed by atoms with Crippen LogP contribution >= 0.6 is 0 Å². The smallest absolute Gasteiger partial charge is 0.000516 e. The summed E-state index contributed by atoms with van der Waals surface area (Å²) in [5.74, 6) is 0.863. The highest BCUT2D eigenvalue weighted by atomic mass is 14.9. The number of hydrogen-bond donors (Lipinski definition) is 2. The summed E-state index contributed by atoms with van der Waals surface area (Å²) < 4.78 is 0. The fourth-order valence-electron chi connectivity index (χ4n) is 3.56. The maximum absolute atomic E-state index is 5.69. The van der Waals surface area contributed by atoms with Crippen LogP contribution in [-0.2, 0) is 0 Å². The second kappa shape index (κ2) is 9.77. The molecule has 3 N–H and O–H groups in total. The molecule has 1 rings (SSSR count). The van der Waals surface area contributed by atoms with Gasteiger partial charge in [-0.1, -0.05) is 46.0 Å². The lowest BCUT2D eigenvalue weighted by Crippen LogP contribution is -2.34. The van der Waals surface area contributed by atoms with E-state index < -0.39 is 0 Å². The molecule has 1 aliphatic rings. The zero-order valence-electron chi connectivity index (χ0n) is 13.3. The lowest BCUT2D eigenvalue weighted by Gasteiger charge is -2.33. The molecule has 0 aromatic heterocycles. The molecule has 0 aromatic rings. The Morgan fingerprint density at radius 3 is 2.47 bits per heavy atom. The standard InChI is InChI=1S/C17H36N2/c1-3-8-16(10-13-18)9-7-14-19-15-17(2)11-5-4-6-12-17/h16,19H,3-15,18H2,1-2H3. The Bertz CT molecular complexity index is 203. The number of nitrogens with two attached hydrogens (primary N) is 1. The summed E-state index contributed by atoms with van der Waals surface area (Å²) in [6.45, 7) is 8.03. The van der Waals surface area contributed by atoms with Crippen molar-refractivity contribution in [2.24, 2.45) is 17.1 Å². The maximum Gasteiger partial charge on any atom is 0.000516 e. The quantitative estimate of drug-likeness (QED) is 0.586. The molecule has 0 bridgehead atoms. The second-order valence-electron chi connectivity index (χ2n) is 6.92. The lowest BCUT2D eigenvalue weighted by atomic mass is 9.76. The molecule has 1 fully saturated rings. The average Bonchev–Trinajstić information content (AvgIpc) is 2.39. The Morgan fingerprint density at radius 1 is 1.11 bits per heavy atom. The maximum atomic E-state index is 5.69. The van der Waals surface area contributed by atoms with Gasteiger partial charge in [-0.15, -0.1) is 0 Å². The highest BCUT2D eigenvalue weighted by Gasteiger charge is 2.25. The molecule has 1 unspecified atom stereocenters. The normalized spacial score (nSPS) is 20.4. The minimum absolute atomic E-state index is 0.582. The van der Waals surface area contributed by atoms with Crippen LogP contribution in [0.2, 0.25) is 0 Å². The van der Waals surface area contributed by atoms with E-state index >= 15 is 0 Å². The molecule has 0 spiro atoms. The predicted molar refractivity (Wildman–Crippen MR) is 85.4 cm³/mol. The van der Waals surface area contributed by atoms with Crippen molar-refractivity contribution in [2.45, 2.75) is 78.1 Å². The highest BCUT2D eigenvalue weighted by Crippen LogP contribution is 2.34. The van der Waals surface area contributed by atoms with Gasteiger partial charge in [0.15, 0.2) is 0 Å². The van der Waals surface area contributed by atoms with Crippen molar-refractivity contribution in [2.75, 3.05) is 19.6 Å². The van der Waals surface area contributed by atoms with Crippen molar-refractivity contribution >= 4 is 0 Å². The highest BCUT2D eigenvalue weighted by molar-refractivity contribution is 4.80.